The molecule has 1 aromatic heterocycles. The Balaban J connectivity index is 2.21. The van der Waals surface area contributed by atoms with Crippen LogP contribution in [0.3, 0.4) is 0 Å². The summed E-state index contributed by atoms with van der Waals surface area (Å²) in [6, 6.07) is 7.43. The van der Waals surface area contributed by atoms with E-state index in [0.29, 0.717) is 0 Å². The van der Waals surface area contributed by atoms with E-state index in [0.717, 1.165) is 29.8 Å². The summed E-state index contributed by atoms with van der Waals surface area (Å²) in [7, 11) is 0. The van der Waals surface area contributed by atoms with Crippen LogP contribution >= 0.6 is 0 Å². The van der Waals surface area contributed by atoms with Gasteiger partial charge in [-0.25, -0.2) is 4.39 Å². The molecule has 0 aliphatic heterocycles. The summed E-state index contributed by atoms with van der Waals surface area (Å²) in [5.41, 5.74) is 11.9. The third kappa shape index (κ3) is 2.51. The standard InChI is InChI=1S/C18H23FN2/c1-11-5-13(19)8-14(6-11)21-12(2)7-15-16(20)9-18(3,4)10-17(15)21/h5-8,16H,9-10,20H2,1-4H3. The van der Waals surface area contributed by atoms with E-state index in [1.807, 2.05) is 13.0 Å². The molecule has 0 fully saturated rings. The first-order chi connectivity index (χ1) is 9.77. The van der Waals surface area contributed by atoms with Crippen LogP contribution in [0.4, 0.5) is 4.39 Å². The molecule has 2 aromatic rings. The van der Waals surface area contributed by atoms with Crippen LogP contribution in [-0.4, -0.2) is 4.57 Å². The van der Waals surface area contributed by atoms with E-state index in [2.05, 4.69) is 31.4 Å². The fourth-order valence-corrected chi connectivity index (χ4v) is 3.65. The van der Waals surface area contributed by atoms with Crippen LogP contribution in [0, 0.1) is 25.1 Å². The molecular weight excluding hydrogens is 263 g/mol. The van der Waals surface area contributed by atoms with Gasteiger partial charge in [0, 0.05) is 23.1 Å². The lowest BCUT2D eigenvalue weighted by atomic mass is 9.74. The van der Waals surface area contributed by atoms with Crippen LogP contribution in [0.15, 0.2) is 24.3 Å². The van der Waals surface area contributed by atoms with Crippen LogP contribution < -0.4 is 5.73 Å². The van der Waals surface area contributed by atoms with Crippen molar-refractivity contribution in [1.29, 1.82) is 0 Å². The van der Waals surface area contributed by atoms with Crippen molar-refractivity contribution < 1.29 is 4.39 Å². The first-order valence-electron chi connectivity index (χ1n) is 7.51. The van der Waals surface area contributed by atoms with E-state index in [1.54, 1.807) is 12.1 Å². The minimum Gasteiger partial charge on any atom is -0.324 e. The maximum absolute atomic E-state index is 13.8. The summed E-state index contributed by atoms with van der Waals surface area (Å²) in [5.74, 6) is -0.189. The Morgan fingerprint density at radius 3 is 2.57 bits per heavy atom. The number of halogens is 1. The maximum Gasteiger partial charge on any atom is 0.125 e. The monoisotopic (exact) mass is 286 g/mol. The van der Waals surface area contributed by atoms with Crippen molar-refractivity contribution in [2.75, 3.05) is 0 Å². The molecule has 1 aromatic carbocycles. The molecule has 2 N–H and O–H groups in total. The number of hydrogen-bond acceptors (Lipinski definition) is 1. The number of benzene rings is 1. The van der Waals surface area contributed by atoms with Gasteiger partial charge < -0.3 is 10.3 Å². The molecule has 0 bridgehead atoms. The Morgan fingerprint density at radius 1 is 1.19 bits per heavy atom. The molecule has 112 valence electrons. The zero-order valence-corrected chi connectivity index (χ0v) is 13.2. The molecule has 0 radical (unpaired) electrons. The Bertz CT molecular complexity index is 677. The van der Waals surface area contributed by atoms with E-state index in [9.17, 15) is 4.39 Å². The summed E-state index contributed by atoms with van der Waals surface area (Å²) in [6.45, 7) is 8.49. The number of hydrogen-bond donors (Lipinski definition) is 1. The molecule has 0 amide bonds. The van der Waals surface area contributed by atoms with Gasteiger partial charge in [0.1, 0.15) is 5.82 Å². The number of nitrogens with zero attached hydrogens (tertiary/aromatic N) is 1. The van der Waals surface area contributed by atoms with Gasteiger partial charge in [-0.1, -0.05) is 13.8 Å². The molecule has 3 heteroatoms. The number of fused-ring (bicyclic) bond motifs is 1. The zero-order valence-electron chi connectivity index (χ0n) is 13.2. The van der Waals surface area contributed by atoms with Crippen molar-refractivity contribution in [2.24, 2.45) is 11.1 Å². The van der Waals surface area contributed by atoms with Gasteiger partial charge in [-0.2, -0.15) is 0 Å². The van der Waals surface area contributed by atoms with Gasteiger partial charge in [-0.15, -0.1) is 0 Å². The normalized spacial score (nSPS) is 20.4. The predicted octanol–water partition coefficient (Wildman–Crippen LogP) is 4.21. The molecule has 0 saturated carbocycles. The quantitative estimate of drug-likeness (QED) is 0.836. The van der Waals surface area contributed by atoms with E-state index >= 15 is 0 Å². The highest BCUT2D eigenvalue weighted by Gasteiger charge is 2.33. The molecule has 21 heavy (non-hydrogen) atoms. The van der Waals surface area contributed by atoms with E-state index in [-0.39, 0.29) is 17.3 Å². The second-order valence-corrected chi connectivity index (χ2v) is 7.16. The predicted molar refractivity (Wildman–Crippen MR) is 84.2 cm³/mol. The zero-order chi connectivity index (χ0) is 15.4. The van der Waals surface area contributed by atoms with Crippen LogP contribution in [0.2, 0.25) is 0 Å². The van der Waals surface area contributed by atoms with E-state index < -0.39 is 0 Å². The molecule has 1 atom stereocenters. The highest BCUT2D eigenvalue weighted by atomic mass is 19.1. The van der Waals surface area contributed by atoms with Gasteiger partial charge in [0.15, 0.2) is 0 Å². The Morgan fingerprint density at radius 2 is 1.90 bits per heavy atom. The van der Waals surface area contributed by atoms with Crippen molar-refractivity contribution >= 4 is 0 Å². The van der Waals surface area contributed by atoms with Gasteiger partial charge in [-0.05, 0) is 67.5 Å². The molecule has 1 unspecified atom stereocenters. The molecule has 0 spiro atoms. The molecule has 3 rings (SSSR count). The molecule has 1 aliphatic rings. The third-order valence-corrected chi connectivity index (χ3v) is 4.42. The largest absolute Gasteiger partial charge is 0.324 e. The van der Waals surface area contributed by atoms with Gasteiger partial charge >= 0.3 is 0 Å². The van der Waals surface area contributed by atoms with Crippen molar-refractivity contribution in [3.05, 3.63) is 52.6 Å². The first-order valence-corrected chi connectivity index (χ1v) is 7.51. The molecule has 1 aliphatic carbocycles. The van der Waals surface area contributed by atoms with Crippen molar-refractivity contribution in [2.45, 2.75) is 46.6 Å². The lowest BCUT2D eigenvalue weighted by molar-refractivity contribution is 0.278. The maximum atomic E-state index is 13.8. The van der Waals surface area contributed by atoms with Crippen LogP contribution in [0.25, 0.3) is 5.69 Å². The second kappa shape index (κ2) is 4.70. The van der Waals surface area contributed by atoms with Gasteiger partial charge in [-0.3, -0.25) is 0 Å². The molecule has 2 nitrogen and oxygen atoms in total. The first kappa shape index (κ1) is 14.3. The van der Waals surface area contributed by atoms with Crippen LogP contribution in [0.1, 0.15) is 48.8 Å². The van der Waals surface area contributed by atoms with E-state index in [4.69, 9.17) is 5.73 Å². The molecule has 0 saturated heterocycles. The van der Waals surface area contributed by atoms with Crippen molar-refractivity contribution in [3.8, 4) is 5.69 Å². The van der Waals surface area contributed by atoms with Gasteiger partial charge in [0.25, 0.3) is 0 Å². The number of aryl methyl sites for hydroxylation is 2. The fraction of sp³-hybridized carbons (Fsp3) is 0.444. The summed E-state index contributed by atoms with van der Waals surface area (Å²) in [5, 5.41) is 0. The Kier molecular flexibility index (Phi) is 3.21. The van der Waals surface area contributed by atoms with E-state index in [1.165, 1.54) is 11.3 Å². The molecule has 1 heterocycles. The van der Waals surface area contributed by atoms with Crippen LogP contribution in [0.5, 0.6) is 0 Å². The second-order valence-electron chi connectivity index (χ2n) is 7.16. The lowest BCUT2D eigenvalue weighted by Gasteiger charge is -2.34. The number of nitrogens with two attached hydrogens (primary N) is 1. The van der Waals surface area contributed by atoms with Gasteiger partial charge in [0.05, 0.1) is 0 Å². The number of rotatable bonds is 1. The minimum absolute atomic E-state index is 0.0679. The third-order valence-electron chi connectivity index (χ3n) is 4.42. The summed E-state index contributed by atoms with van der Waals surface area (Å²) in [6.07, 6.45) is 1.96. The topological polar surface area (TPSA) is 30.9 Å². The SMILES string of the molecule is Cc1cc(F)cc(-n2c(C)cc3c2CC(C)(C)CC3N)c1. The van der Waals surface area contributed by atoms with Crippen molar-refractivity contribution in [3.63, 3.8) is 0 Å². The van der Waals surface area contributed by atoms with Gasteiger partial charge in [0.2, 0.25) is 0 Å². The van der Waals surface area contributed by atoms with Crippen LogP contribution in [-0.2, 0) is 6.42 Å². The minimum atomic E-state index is -0.189. The smallest absolute Gasteiger partial charge is 0.125 e. The fourth-order valence-electron chi connectivity index (χ4n) is 3.65. The Labute approximate surface area is 125 Å². The average Bonchev–Trinajstić information content (AvgIpc) is 2.63. The Hall–Kier alpha value is -1.61. The molecular formula is C18H23FN2. The highest BCUT2D eigenvalue weighted by Crippen LogP contribution is 2.41. The number of aromatic nitrogens is 1. The highest BCUT2D eigenvalue weighted by molar-refractivity contribution is 5.45. The lowest BCUT2D eigenvalue weighted by Crippen LogP contribution is -2.30. The summed E-state index contributed by atoms with van der Waals surface area (Å²) >= 11 is 0. The summed E-state index contributed by atoms with van der Waals surface area (Å²) < 4.78 is 15.9. The summed E-state index contributed by atoms with van der Waals surface area (Å²) in [4.78, 5) is 0. The van der Waals surface area contributed by atoms with Crippen molar-refractivity contribution in [1.82, 2.24) is 4.57 Å². The average molecular weight is 286 g/mol.